The van der Waals surface area contributed by atoms with Crippen LogP contribution in [0.25, 0.3) is 0 Å². The molecule has 1 N–H and O–H groups in total. The van der Waals surface area contributed by atoms with Crippen LogP contribution in [0.15, 0.2) is 48.5 Å². The number of hydrogen-bond donors (Lipinski definition) is 1. The molecule has 0 aliphatic heterocycles. The Labute approximate surface area is 195 Å². The van der Waals surface area contributed by atoms with Crippen LogP contribution >= 0.6 is 11.6 Å². The molecule has 0 aliphatic rings. The molecule has 0 aromatic heterocycles. The first-order chi connectivity index (χ1) is 15.0. The molecule has 0 bridgehead atoms. The molecule has 0 heterocycles. The van der Waals surface area contributed by atoms with Gasteiger partial charge in [0.15, 0.2) is 0 Å². The number of aryl methyl sites for hydroxylation is 1. The Kier molecular flexibility index (Phi) is 9.09. The lowest BCUT2D eigenvalue weighted by Gasteiger charge is -2.31. The van der Waals surface area contributed by atoms with E-state index in [0.29, 0.717) is 11.6 Å². The fraction of sp³-hybridized carbons (Fsp3) is 0.391. The minimum atomic E-state index is -3.78. The van der Waals surface area contributed by atoms with E-state index in [9.17, 15) is 18.0 Å². The van der Waals surface area contributed by atoms with Crippen molar-refractivity contribution in [2.24, 2.45) is 0 Å². The number of halogens is 1. The summed E-state index contributed by atoms with van der Waals surface area (Å²) >= 11 is 6.03. The standard InChI is InChI=1S/C23H30ClN3O4S/c1-5-13-25-23(29)18(3)26(15-19-10-7-6-9-17(19)2)22(28)16-27(32(4,30)31)21-12-8-11-20(24)14-21/h6-12,14,18H,5,13,15-16H2,1-4H3,(H,25,29)/t18-/m1/s1. The summed E-state index contributed by atoms with van der Waals surface area (Å²) in [5.41, 5.74) is 2.14. The van der Waals surface area contributed by atoms with Crippen LogP contribution in [0.1, 0.15) is 31.4 Å². The second kappa shape index (κ2) is 11.3. The van der Waals surface area contributed by atoms with Gasteiger partial charge in [-0.2, -0.15) is 0 Å². The Bertz CT molecular complexity index is 1060. The number of rotatable bonds is 10. The minimum absolute atomic E-state index is 0.180. The zero-order chi connectivity index (χ0) is 23.9. The van der Waals surface area contributed by atoms with E-state index >= 15 is 0 Å². The summed E-state index contributed by atoms with van der Waals surface area (Å²) in [6.07, 6.45) is 1.80. The summed E-state index contributed by atoms with van der Waals surface area (Å²) < 4.78 is 26.0. The molecule has 0 fully saturated rings. The van der Waals surface area contributed by atoms with Gasteiger partial charge in [0.05, 0.1) is 11.9 Å². The number of sulfonamides is 1. The summed E-state index contributed by atoms with van der Waals surface area (Å²) in [4.78, 5) is 27.5. The molecule has 9 heteroatoms. The van der Waals surface area contributed by atoms with Crippen LogP contribution in [0, 0.1) is 6.92 Å². The van der Waals surface area contributed by atoms with Crippen LogP contribution < -0.4 is 9.62 Å². The Morgan fingerprint density at radius 2 is 1.81 bits per heavy atom. The Morgan fingerprint density at radius 1 is 1.12 bits per heavy atom. The highest BCUT2D eigenvalue weighted by Crippen LogP contribution is 2.23. The maximum atomic E-state index is 13.4. The summed E-state index contributed by atoms with van der Waals surface area (Å²) in [5.74, 6) is -0.778. The molecule has 32 heavy (non-hydrogen) atoms. The van der Waals surface area contributed by atoms with Gasteiger partial charge in [0.25, 0.3) is 0 Å². The van der Waals surface area contributed by atoms with Gasteiger partial charge < -0.3 is 10.2 Å². The number of carbonyl (C=O) groups excluding carboxylic acids is 2. The van der Waals surface area contributed by atoms with Crippen molar-refractivity contribution in [1.82, 2.24) is 10.2 Å². The van der Waals surface area contributed by atoms with Crippen molar-refractivity contribution in [3.63, 3.8) is 0 Å². The SMILES string of the molecule is CCCNC(=O)[C@@H](C)N(Cc1ccccc1C)C(=O)CN(c1cccc(Cl)c1)S(C)(=O)=O. The van der Waals surface area contributed by atoms with Gasteiger partial charge in [0.2, 0.25) is 21.8 Å². The average Bonchev–Trinajstić information content (AvgIpc) is 2.73. The second-order valence-corrected chi connectivity index (χ2v) is 10.0. The highest BCUT2D eigenvalue weighted by molar-refractivity contribution is 7.92. The van der Waals surface area contributed by atoms with Crippen molar-refractivity contribution in [1.29, 1.82) is 0 Å². The van der Waals surface area contributed by atoms with Gasteiger partial charge in [0.1, 0.15) is 12.6 Å². The molecular weight excluding hydrogens is 450 g/mol. The van der Waals surface area contributed by atoms with Crippen molar-refractivity contribution in [2.75, 3.05) is 23.7 Å². The second-order valence-electron chi connectivity index (χ2n) is 7.66. The fourth-order valence-electron chi connectivity index (χ4n) is 3.19. The molecule has 2 amide bonds. The van der Waals surface area contributed by atoms with Gasteiger partial charge in [0, 0.05) is 18.1 Å². The third kappa shape index (κ3) is 6.97. The van der Waals surface area contributed by atoms with Gasteiger partial charge in [-0.3, -0.25) is 13.9 Å². The van der Waals surface area contributed by atoms with E-state index in [1.54, 1.807) is 25.1 Å². The Morgan fingerprint density at radius 3 is 2.41 bits per heavy atom. The monoisotopic (exact) mass is 479 g/mol. The van der Waals surface area contributed by atoms with Crippen molar-refractivity contribution >= 4 is 39.1 Å². The van der Waals surface area contributed by atoms with Crippen molar-refractivity contribution < 1.29 is 18.0 Å². The van der Waals surface area contributed by atoms with Crippen LogP contribution in [0.3, 0.4) is 0 Å². The lowest BCUT2D eigenvalue weighted by Crippen LogP contribution is -2.51. The first-order valence-electron chi connectivity index (χ1n) is 10.4. The van der Waals surface area contributed by atoms with E-state index in [4.69, 9.17) is 11.6 Å². The van der Waals surface area contributed by atoms with E-state index in [0.717, 1.165) is 28.1 Å². The number of carbonyl (C=O) groups is 2. The van der Waals surface area contributed by atoms with E-state index in [1.807, 2.05) is 38.1 Å². The summed E-state index contributed by atoms with van der Waals surface area (Å²) in [7, 11) is -3.78. The first-order valence-corrected chi connectivity index (χ1v) is 12.6. The predicted molar refractivity (Wildman–Crippen MR) is 128 cm³/mol. The van der Waals surface area contributed by atoms with Gasteiger partial charge in [-0.05, 0) is 49.6 Å². The summed E-state index contributed by atoms with van der Waals surface area (Å²) in [6.45, 7) is 5.74. The molecule has 0 unspecified atom stereocenters. The Hall–Kier alpha value is -2.58. The Balaban J connectivity index is 2.38. The van der Waals surface area contributed by atoms with Crippen LogP contribution in [0.4, 0.5) is 5.69 Å². The minimum Gasteiger partial charge on any atom is -0.354 e. The number of anilines is 1. The molecule has 0 aliphatic carbocycles. The molecule has 0 radical (unpaired) electrons. The first kappa shape index (κ1) is 25.7. The number of nitrogens with zero attached hydrogens (tertiary/aromatic N) is 2. The fourth-order valence-corrected chi connectivity index (χ4v) is 4.22. The molecule has 2 aromatic rings. The van der Waals surface area contributed by atoms with Crippen molar-refractivity contribution in [3.8, 4) is 0 Å². The van der Waals surface area contributed by atoms with E-state index in [1.165, 1.54) is 11.0 Å². The average molecular weight is 480 g/mol. The third-order valence-electron chi connectivity index (χ3n) is 5.09. The number of hydrogen-bond acceptors (Lipinski definition) is 4. The molecule has 1 atom stereocenters. The summed E-state index contributed by atoms with van der Waals surface area (Å²) in [6, 6.07) is 13.1. The normalized spacial score (nSPS) is 12.2. The molecule has 7 nitrogen and oxygen atoms in total. The van der Waals surface area contributed by atoms with Crippen LogP contribution in [0.5, 0.6) is 0 Å². The molecular formula is C23H30ClN3O4S. The lowest BCUT2D eigenvalue weighted by atomic mass is 10.1. The van der Waals surface area contributed by atoms with Crippen molar-refractivity contribution in [2.45, 2.75) is 39.8 Å². The van der Waals surface area contributed by atoms with E-state index in [-0.39, 0.29) is 18.1 Å². The maximum Gasteiger partial charge on any atom is 0.244 e. The van der Waals surface area contributed by atoms with Crippen LogP contribution in [-0.2, 0) is 26.2 Å². The number of benzene rings is 2. The van der Waals surface area contributed by atoms with Crippen LogP contribution in [-0.4, -0.2) is 50.5 Å². The topological polar surface area (TPSA) is 86.8 Å². The number of nitrogens with one attached hydrogen (secondary N) is 1. The van der Waals surface area contributed by atoms with E-state index in [2.05, 4.69) is 5.32 Å². The largest absolute Gasteiger partial charge is 0.354 e. The van der Waals surface area contributed by atoms with Crippen LogP contribution in [0.2, 0.25) is 5.02 Å². The highest BCUT2D eigenvalue weighted by atomic mass is 35.5. The van der Waals surface area contributed by atoms with Gasteiger partial charge in [-0.1, -0.05) is 48.9 Å². The highest BCUT2D eigenvalue weighted by Gasteiger charge is 2.30. The molecule has 0 spiro atoms. The quantitative estimate of drug-likeness (QED) is 0.566. The summed E-state index contributed by atoms with van der Waals surface area (Å²) in [5, 5.41) is 3.16. The third-order valence-corrected chi connectivity index (χ3v) is 6.47. The van der Waals surface area contributed by atoms with Gasteiger partial charge in [-0.15, -0.1) is 0 Å². The maximum absolute atomic E-state index is 13.4. The van der Waals surface area contributed by atoms with Gasteiger partial charge in [-0.25, -0.2) is 8.42 Å². The zero-order valence-electron chi connectivity index (χ0n) is 18.8. The molecule has 2 rings (SSSR count). The predicted octanol–water partition coefficient (Wildman–Crippen LogP) is 3.36. The number of amides is 2. The molecule has 2 aromatic carbocycles. The van der Waals surface area contributed by atoms with Gasteiger partial charge >= 0.3 is 0 Å². The molecule has 174 valence electrons. The smallest absolute Gasteiger partial charge is 0.244 e. The molecule has 0 saturated heterocycles. The zero-order valence-corrected chi connectivity index (χ0v) is 20.4. The van der Waals surface area contributed by atoms with Crippen molar-refractivity contribution in [3.05, 3.63) is 64.7 Å². The van der Waals surface area contributed by atoms with E-state index < -0.39 is 28.5 Å². The molecule has 0 saturated carbocycles. The lowest BCUT2D eigenvalue weighted by molar-refractivity contribution is -0.139.